The van der Waals surface area contributed by atoms with Gasteiger partial charge in [-0.1, -0.05) is 0 Å². The second-order valence-electron chi connectivity index (χ2n) is 7.08. The van der Waals surface area contributed by atoms with Crippen LogP contribution in [-0.2, 0) is 16.6 Å². The van der Waals surface area contributed by atoms with Crippen molar-refractivity contribution in [2.75, 3.05) is 24.8 Å². The Bertz CT molecular complexity index is 1170. The van der Waals surface area contributed by atoms with Gasteiger partial charge >= 0.3 is 0 Å². The molecule has 1 saturated heterocycles. The number of halogens is 3. The zero-order valence-electron chi connectivity index (χ0n) is 15.7. The lowest BCUT2D eigenvalue weighted by Gasteiger charge is -2.30. The van der Waals surface area contributed by atoms with Crippen LogP contribution < -0.4 is 14.5 Å². The number of anilines is 1. The maximum absolute atomic E-state index is 14.4. The molecule has 0 spiro atoms. The minimum atomic E-state index is -1.72. The first-order valence-corrected chi connectivity index (χ1v) is 11.6. The Hall–Kier alpha value is -2.27. The van der Waals surface area contributed by atoms with Crippen molar-refractivity contribution in [3.8, 4) is 5.75 Å². The third-order valence-corrected chi connectivity index (χ3v) is 7.30. The van der Waals surface area contributed by atoms with Gasteiger partial charge in [-0.25, -0.2) is 9.37 Å². The van der Waals surface area contributed by atoms with E-state index in [-0.39, 0.29) is 34.5 Å². The highest BCUT2D eigenvalue weighted by Crippen LogP contribution is 2.34. The zero-order valence-corrected chi connectivity index (χ0v) is 18.1. The summed E-state index contributed by atoms with van der Waals surface area (Å²) < 4.78 is 48.6. The molecule has 7 nitrogen and oxygen atoms in total. The van der Waals surface area contributed by atoms with Gasteiger partial charge in [0.05, 0.1) is 32.4 Å². The molecule has 0 aliphatic carbocycles. The molecule has 2 aromatic heterocycles. The number of fused-ring (bicyclic) bond motifs is 1. The van der Waals surface area contributed by atoms with Gasteiger partial charge in [0, 0.05) is 25.4 Å². The van der Waals surface area contributed by atoms with Crippen LogP contribution in [0.3, 0.4) is 0 Å². The summed E-state index contributed by atoms with van der Waals surface area (Å²) in [6, 6.07) is 3.22. The SMILES string of the molecule is O=S(Cc1nccc(N2CCCCC2)c1Br)c1nc2c(F)c(F)c3cc2n1OCO3. The summed E-state index contributed by atoms with van der Waals surface area (Å²) in [7, 11) is -1.72. The molecule has 2 bridgehead atoms. The highest BCUT2D eigenvalue weighted by atomic mass is 79.9. The van der Waals surface area contributed by atoms with Crippen LogP contribution >= 0.6 is 15.9 Å². The van der Waals surface area contributed by atoms with Gasteiger partial charge in [-0.05, 0) is 41.3 Å². The maximum atomic E-state index is 14.4. The minimum Gasteiger partial charge on any atom is -0.452 e. The Labute approximate surface area is 181 Å². The molecule has 158 valence electrons. The van der Waals surface area contributed by atoms with E-state index in [2.05, 4.69) is 30.8 Å². The summed E-state index contributed by atoms with van der Waals surface area (Å²) in [6.07, 6.45) is 5.16. The molecule has 0 saturated carbocycles. The third-order valence-electron chi connectivity index (χ3n) is 5.23. The highest BCUT2D eigenvalue weighted by Gasteiger charge is 2.28. The van der Waals surface area contributed by atoms with Crippen LogP contribution in [0.5, 0.6) is 5.75 Å². The minimum absolute atomic E-state index is 0.0250. The summed E-state index contributed by atoms with van der Waals surface area (Å²) in [5.74, 6) is -2.54. The van der Waals surface area contributed by atoms with Gasteiger partial charge in [-0.15, -0.1) is 4.73 Å². The van der Waals surface area contributed by atoms with E-state index in [1.165, 1.54) is 12.5 Å². The predicted molar refractivity (Wildman–Crippen MR) is 110 cm³/mol. The van der Waals surface area contributed by atoms with Crippen LogP contribution in [0.15, 0.2) is 28.0 Å². The molecule has 1 atom stereocenters. The number of pyridine rings is 1. The molecule has 0 radical (unpaired) electrons. The number of imidazole rings is 1. The van der Waals surface area contributed by atoms with E-state index in [1.54, 1.807) is 6.20 Å². The van der Waals surface area contributed by atoms with Crippen molar-refractivity contribution in [2.24, 2.45) is 0 Å². The van der Waals surface area contributed by atoms with Crippen LogP contribution in [0.25, 0.3) is 11.0 Å². The Morgan fingerprint density at radius 2 is 2.00 bits per heavy atom. The van der Waals surface area contributed by atoms with Crippen LogP contribution in [0, 0.1) is 11.6 Å². The molecular weight excluding hydrogens is 482 g/mol. The van der Waals surface area contributed by atoms with Gasteiger partial charge in [0.1, 0.15) is 11.0 Å². The van der Waals surface area contributed by atoms with Crippen molar-refractivity contribution in [3.05, 3.63) is 40.1 Å². The third kappa shape index (κ3) is 3.24. The number of benzene rings is 1. The highest BCUT2D eigenvalue weighted by molar-refractivity contribution is 9.10. The second-order valence-corrected chi connectivity index (χ2v) is 9.22. The number of nitrogens with zero attached hydrogens (tertiary/aromatic N) is 4. The van der Waals surface area contributed by atoms with Gasteiger partial charge < -0.3 is 14.5 Å². The normalized spacial score (nSPS) is 17.0. The number of hydrogen-bond acceptors (Lipinski definition) is 6. The fourth-order valence-electron chi connectivity index (χ4n) is 3.75. The first-order valence-electron chi connectivity index (χ1n) is 9.48. The Morgan fingerprint density at radius 3 is 2.80 bits per heavy atom. The van der Waals surface area contributed by atoms with Crippen molar-refractivity contribution in [1.82, 2.24) is 14.7 Å². The largest absolute Gasteiger partial charge is 0.452 e. The number of aromatic nitrogens is 3. The van der Waals surface area contributed by atoms with Gasteiger partial charge in [0.25, 0.3) is 6.79 Å². The average Bonchev–Trinajstić information content (AvgIpc) is 3.00. The molecule has 1 unspecified atom stereocenters. The molecule has 4 heterocycles. The molecule has 0 N–H and O–H groups in total. The first kappa shape index (κ1) is 19.7. The molecule has 30 heavy (non-hydrogen) atoms. The summed E-state index contributed by atoms with van der Waals surface area (Å²) in [5.41, 5.74) is 1.51. The quantitative estimate of drug-likeness (QED) is 0.547. The van der Waals surface area contributed by atoms with Crippen LogP contribution in [0.2, 0.25) is 0 Å². The van der Waals surface area contributed by atoms with Gasteiger partial charge in [-0.3, -0.25) is 9.19 Å². The smallest absolute Gasteiger partial charge is 0.253 e. The number of ether oxygens (including phenoxy) is 1. The van der Waals surface area contributed by atoms with E-state index >= 15 is 0 Å². The summed E-state index contributed by atoms with van der Waals surface area (Å²) in [6.45, 7) is 1.57. The van der Waals surface area contributed by atoms with Crippen LogP contribution in [0.4, 0.5) is 14.5 Å². The van der Waals surface area contributed by atoms with Crippen molar-refractivity contribution < 1.29 is 22.6 Å². The molecule has 0 amide bonds. The van der Waals surface area contributed by atoms with Crippen molar-refractivity contribution in [1.29, 1.82) is 0 Å². The molecule has 1 fully saturated rings. The van der Waals surface area contributed by atoms with E-state index in [0.717, 1.165) is 40.8 Å². The molecule has 11 heteroatoms. The van der Waals surface area contributed by atoms with E-state index in [9.17, 15) is 13.0 Å². The first-order chi connectivity index (χ1) is 14.5. The maximum Gasteiger partial charge on any atom is 0.253 e. The molecule has 1 aromatic carbocycles. The van der Waals surface area contributed by atoms with Crippen molar-refractivity contribution >= 4 is 43.5 Å². The number of hydrogen-bond donors (Lipinski definition) is 0. The summed E-state index contributed by atoms with van der Waals surface area (Å²) in [5, 5.41) is -0.0250. The molecule has 5 rings (SSSR count). The average molecular weight is 499 g/mol. The summed E-state index contributed by atoms with van der Waals surface area (Å²) >= 11 is 3.60. The fourth-order valence-corrected chi connectivity index (χ4v) is 5.68. The molecular formula is C19H17BrF2N4O3S. The van der Waals surface area contributed by atoms with Gasteiger partial charge in [0.15, 0.2) is 11.6 Å². The monoisotopic (exact) mass is 498 g/mol. The number of rotatable bonds is 4. The van der Waals surface area contributed by atoms with Crippen molar-refractivity contribution in [3.63, 3.8) is 0 Å². The fraction of sp³-hybridized carbons (Fsp3) is 0.368. The topological polar surface area (TPSA) is 69.5 Å². The Morgan fingerprint density at radius 1 is 1.20 bits per heavy atom. The number of piperidine rings is 1. The lowest BCUT2D eigenvalue weighted by Crippen LogP contribution is -2.30. The summed E-state index contributed by atoms with van der Waals surface area (Å²) in [4.78, 5) is 16.1. The van der Waals surface area contributed by atoms with Crippen LogP contribution in [-0.4, -0.2) is 38.8 Å². The van der Waals surface area contributed by atoms with E-state index < -0.39 is 22.4 Å². The van der Waals surface area contributed by atoms with E-state index in [1.807, 2.05) is 6.07 Å². The lowest BCUT2D eigenvalue weighted by atomic mass is 10.1. The molecule has 2 aliphatic heterocycles. The Kier molecular flexibility index (Phi) is 5.10. The molecule has 2 aliphatic rings. The Balaban J connectivity index is 1.49. The lowest BCUT2D eigenvalue weighted by molar-refractivity contribution is 0.000143. The van der Waals surface area contributed by atoms with Gasteiger partial charge in [0.2, 0.25) is 11.0 Å². The van der Waals surface area contributed by atoms with Crippen LogP contribution in [0.1, 0.15) is 25.0 Å². The van der Waals surface area contributed by atoms with Crippen molar-refractivity contribution in [2.45, 2.75) is 30.2 Å². The second kappa shape index (κ2) is 7.77. The zero-order chi connectivity index (χ0) is 20.8. The van der Waals surface area contributed by atoms with Gasteiger partial charge in [-0.2, -0.15) is 4.39 Å². The van der Waals surface area contributed by atoms with E-state index in [0.29, 0.717) is 5.69 Å². The molecule has 3 aromatic rings. The standard InChI is InChI=1S/C19H17BrF2N4O3S/c20-15-11(23-5-4-12(15)25-6-2-1-3-7-25)9-30(27)19-24-18-13-8-14(16(21)17(18)22)28-10-29-26(13)19/h4-5,8H,1-3,6-7,9-10H2. The van der Waals surface area contributed by atoms with E-state index in [4.69, 9.17) is 9.57 Å². The predicted octanol–water partition coefficient (Wildman–Crippen LogP) is 3.55.